The maximum Gasteiger partial charge on any atom is 0.304 e. The number of carboxylic acids is 1. The van der Waals surface area contributed by atoms with E-state index in [1.165, 1.54) is 27.7 Å². The highest BCUT2D eigenvalue weighted by molar-refractivity contribution is 8.76. The summed E-state index contributed by atoms with van der Waals surface area (Å²) in [5.74, 6) is -1.42. The lowest BCUT2D eigenvalue weighted by Gasteiger charge is -2.28. The second-order valence-electron chi connectivity index (χ2n) is 6.08. The van der Waals surface area contributed by atoms with Gasteiger partial charge >= 0.3 is 5.97 Å². The molecule has 0 radical (unpaired) electrons. The third-order valence-electron chi connectivity index (χ3n) is 4.38. The fourth-order valence-corrected chi connectivity index (χ4v) is 5.29. The number of rotatable bonds is 7. The molecule has 3 rings (SSSR count). The normalized spacial score (nSPS) is 16.5. The van der Waals surface area contributed by atoms with E-state index in [1.807, 2.05) is 4.57 Å². The maximum atomic E-state index is 14.0. The minimum atomic E-state index is -0.836. The van der Waals surface area contributed by atoms with Crippen LogP contribution in [0.25, 0.3) is 0 Å². The van der Waals surface area contributed by atoms with E-state index in [0.29, 0.717) is 42.7 Å². The summed E-state index contributed by atoms with van der Waals surface area (Å²) in [7, 11) is 2.83. The topological polar surface area (TPSA) is 81.1 Å². The highest BCUT2D eigenvalue weighted by Gasteiger charge is 2.26. The van der Waals surface area contributed by atoms with Crippen LogP contribution in [-0.2, 0) is 24.2 Å². The van der Waals surface area contributed by atoms with Crippen molar-refractivity contribution in [3.8, 4) is 0 Å². The van der Waals surface area contributed by atoms with E-state index in [9.17, 15) is 13.6 Å². The number of nitrogens with two attached hydrogens (primary N) is 1. The van der Waals surface area contributed by atoms with Gasteiger partial charge in [-0.15, -0.1) is 0 Å². The van der Waals surface area contributed by atoms with Gasteiger partial charge in [0.25, 0.3) is 0 Å². The van der Waals surface area contributed by atoms with Crippen molar-refractivity contribution in [1.82, 2.24) is 9.55 Å². The number of nitrogens with zero attached hydrogens (tertiary/aromatic N) is 2. The number of aliphatic carboxylic acids is 1. The third kappa shape index (κ3) is 4.21. The Labute approximate surface area is 157 Å². The smallest absolute Gasteiger partial charge is 0.304 e. The monoisotopic (exact) mass is 399 g/mol. The van der Waals surface area contributed by atoms with E-state index < -0.39 is 17.6 Å². The molecule has 0 fully saturated rings. The molecule has 0 bridgehead atoms. The quantitative estimate of drug-likeness (QED) is 0.547. The van der Waals surface area contributed by atoms with Gasteiger partial charge < -0.3 is 15.4 Å². The van der Waals surface area contributed by atoms with Gasteiger partial charge in [-0.3, -0.25) is 4.79 Å². The van der Waals surface area contributed by atoms with Crippen LogP contribution in [0.15, 0.2) is 23.5 Å². The SMILES string of the molecule is NCc1cnc(SSCCC(=O)O)n1C1CCc2c(F)cc(F)cc2C1. The van der Waals surface area contributed by atoms with Crippen molar-refractivity contribution in [1.29, 1.82) is 0 Å². The lowest BCUT2D eigenvalue weighted by atomic mass is 9.87. The Bertz CT molecular complexity index is 814. The first-order chi connectivity index (χ1) is 12.5. The van der Waals surface area contributed by atoms with Crippen LogP contribution >= 0.6 is 21.6 Å². The molecule has 1 atom stereocenters. The number of fused-ring (bicyclic) bond motifs is 1. The van der Waals surface area contributed by atoms with Gasteiger partial charge in [0.15, 0.2) is 5.16 Å². The van der Waals surface area contributed by atoms with Gasteiger partial charge in [0.2, 0.25) is 0 Å². The number of carboxylic acid groups (broad SMARTS) is 1. The second-order valence-corrected chi connectivity index (χ2v) is 8.46. The standard InChI is InChI=1S/C17H19F2N3O2S2/c18-11-5-10-6-12(1-2-14(10)15(19)7-11)22-13(8-20)9-21-17(22)26-25-4-3-16(23)24/h5,7,9,12H,1-4,6,8,20H2,(H,23,24). The Morgan fingerprint density at radius 1 is 1.42 bits per heavy atom. The summed E-state index contributed by atoms with van der Waals surface area (Å²) in [6.45, 7) is 0.314. The molecule has 1 aromatic heterocycles. The summed E-state index contributed by atoms with van der Waals surface area (Å²) in [6.07, 6.45) is 3.55. The molecule has 140 valence electrons. The minimum Gasteiger partial charge on any atom is -0.481 e. The molecule has 0 saturated heterocycles. The minimum absolute atomic E-state index is 0.0207. The van der Waals surface area contributed by atoms with Gasteiger partial charge in [0.1, 0.15) is 11.6 Å². The van der Waals surface area contributed by atoms with Crippen LogP contribution in [-0.4, -0.2) is 26.4 Å². The molecule has 1 aliphatic carbocycles. The molecular formula is C17H19F2N3O2S2. The van der Waals surface area contributed by atoms with Crippen molar-refractivity contribution >= 4 is 27.6 Å². The van der Waals surface area contributed by atoms with Crippen molar-refractivity contribution in [3.05, 3.63) is 46.8 Å². The zero-order valence-electron chi connectivity index (χ0n) is 14.0. The van der Waals surface area contributed by atoms with Crippen LogP contribution < -0.4 is 5.73 Å². The summed E-state index contributed by atoms with van der Waals surface area (Å²) in [5.41, 5.74) is 7.96. The molecule has 1 heterocycles. The number of halogens is 2. The van der Waals surface area contributed by atoms with Gasteiger partial charge in [0.05, 0.1) is 18.3 Å². The van der Waals surface area contributed by atoms with Crippen molar-refractivity contribution in [2.75, 3.05) is 5.75 Å². The van der Waals surface area contributed by atoms with Gasteiger partial charge in [-0.05, 0) is 47.2 Å². The number of carbonyl (C=O) groups is 1. The summed E-state index contributed by atoms with van der Waals surface area (Å²) >= 11 is 0. The largest absolute Gasteiger partial charge is 0.481 e. The van der Waals surface area contributed by atoms with E-state index >= 15 is 0 Å². The Morgan fingerprint density at radius 2 is 2.23 bits per heavy atom. The summed E-state index contributed by atoms with van der Waals surface area (Å²) in [5, 5.41) is 9.47. The van der Waals surface area contributed by atoms with E-state index in [0.717, 1.165) is 16.9 Å². The Balaban J connectivity index is 1.80. The average molecular weight is 399 g/mol. The molecule has 1 unspecified atom stereocenters. The number of benzene rings is 1. The second kappa shape index (κ2) is 8.41. The fraction of sp³-hybridized carbons (Fsp3) is 0.412. The Morgan fingerprint density at radius 3 is 2.96 bits per heavy atom. The highest BCUT2D eigenvalue weighted by Crippen LogP contribution is 2.37. The molecule has 0 spiro atoms. The zero-order valence-corrected chi connectivity index (χ0v) is 15.6. The van der Waals surface area contributed by atoms with Gasteiger partial charge in [-0.2, -0.15) is 0 Å². The van der Waals surface area contributed by atoms with Crippen LogP contribution in [0.4, 0.5) is 8.78 Å². The first-order valence-corrected chi connectivity index (χ1v) is 10.6. The number of hydrogen-bond donors (Lipinski definition) is 2. The predicted octanol–water partition coefficient (Wildman–Crippen LogP) is 3.57. The van der Waals surface area contributed by atoms with E-state index in [2.05, 4.69) is 4.98 Å². The lowest BCUT2D eigenvalue weighted by Crippen LogP contribution is -2.22. The van der Waals surface area contributed by atoms with Crippen molar-refractivity contribution < 1.29 is 18.7 Å². The highest BCUT2D eigenvalue weighted by atomic mass is 33.1. The lowest BCUT2D eigenvalue weighted by molar-refractivity contribution is -0.136. The van der Waals surface area contributed by atoms with Crippen LogP contribution in [0.3, 0.4) is 0 Å². The third-order valence-corrected chi connectivity index (χ3v) is 6.62. The molecule has 0 aliphatic heterocycles. The molecule has 2 aromatic rings. The maximum absolute atomic E-state index is 14.0. The molecule has 9 heteroatoms. The van der Waals surface area contributed by atoms with Crippen LogP contribution in [0.5, 0.6) is 0 Å². The molecule has 3 N–H and O–H groups in total. The van der Waals surface area contributed by atoms with Crippen LogP contribution in [0, 0.1) is 11.6 Å². The first-order valence-electron chi connectivity index (χ1n) is 8.23. The number of hydrogen-bond acceptors (Lipinski definition) is 5. The van der Waals surface area contributed by atoms with E-state index in [-0.39, 0.29) is 12.5 Å². The predicted molar refractivity (Wildman–Crippen MR) is 98.1 cm³/mol. The molecular weight excluding hydrogens is 380 g/mol. The molecule has 5 nitrogen and oxygen atoms in total. The summed E-state index contributed by atoms with van der Waals surface area (Å²) in [6, 6.07) is 2.35. The van der Waals surface area contributed by atoms with Gasteiger partial charge in [0, 0.05) is 24.4 Å². The molecule has 1 aromatic carbocycles. The Hall–Kier alpha value is -1.58. The van der Waals surface area contributed by atoms with Crippen LogP contribution in [0.1, 0.15) is 35.7 Å². The molecule has 26 heavy (non-hydrogen) atoms. The van der Waals surface area contributed by atoms with E-state index in [4.69, 9.17) is 10.8 Å². The Kier molecular flexibility index (Phi) is 6.20. The first kappa shape index (κ1) is 19.2. The van der Waals surface area contributed by atoms with E-state index in [1.54, 1.807) is 6.20 Å². The number of aromatic nitrogens is 2. The summed E-state index contributed by atoms with van der Waals surface area (Å²) in [4.78, 5) is 15.0. The molecule has 0 amide bonds. The van der Waals surface area contributed by atoms with Crippen molar-refractivity contribution in [3.63, 3.8) is 0 Å². The van der Waals surface area contributed by atoms with Crippen molar-refractivity contribution in [2.45, 2.75) is 43.4 Å². The molecule has 0 saturated carbocycles. The average Bonchev–Trinajstić information content (AvgIpc) is 3.00. The zero-order chi connectivity index (χ0) is 18.7. The van der Waals surface area contributed by atoms with Crippen molar-refractivity contribution in [2.24, 2.45) is 5.73 Å². The van der Waals surface area contributed by atoms with Crippen LogP contribution in [0.2, 0.25) is 0 Å². The fourth-order valence-electron chi connectivity index (χ4n) is 3.21. The molecule has 1 aliphatic rings. The number of imidazole rings is 1. The van der Waals surface area contributed by atoms with Gasteiger partial charge in [-0.25, -0.2) is 13.8 Å². The van der Waals surface area contributed by atoms with Gasteiger partial charge in [-0.1, -0.05) is 10.8 Å². The summed E-state index contributed by atoms with van der Waals surface area (Å²) < 4.78 is 29.6.